The van der Waals surface area contributed by atoms with Gasteiger partial charge in [-0.25, -0.2) is 4.39 Å². The van der Waals surface area contributed by atoms with E-state index in [0.29, 0.717) is 19.3 Å². The number of halogens is 1. The molecule has 2 aromatic carbocycles. The molecule has 3 rings (SSSR count). The Morgan fingerprint density at radius 3 is 2.33 bits per heavy atom. The second-order valence-corrected chi connectivity index (χ2v) is 8.09. The van der Waals surface area contributed by atoms with Crippen LogP contribution in [0.3, 0.4) is 0 Å². The van der Waals surface area contributed by atoms with Crippen molar-refractivity contribution in [2.75, 3.05) is 0 Å². The molecule has 4 nitrogen and oxygen atoms in total. The molecule has 0 saturated heterocycles. The van der Waals surface area contributed by atoms with Gasteiger partial charge in [0.1, 0.15) is 11.9 Å². The molecule has 2 amide bonds. The summed E-state index contributed by atoms with van der Waals surface area (Å²) in [6.07, 6.45) is 5.78. The van der Waals surface area contributed by atoms with Gasteiger partial charge in [-0.1, -0.05) is 62.2 Å². The molecule has 1 saturated carbocycles. The van der Waals surface area contributed by atoms with Crippen LogP contribution in [0.25, 0.3) is 0 Å². The van der Waals surface area contributed by atoms with Crippen molar-refractivity contribution in [1.82, 2.24) is 10.2 Å². The second kappa shape index (κ2) is 10.9. The number of nitrogens with zero attached hydrogens (tertiary/aromatic N) is 1. The van der Waals surface area contributed by atoms with Crippen LogP contribution in [0.1, 0.15) is 56.6 Å². The third kappa shape index (κ3) is 6.15. The van der Waals surface area contributed by atoms with Gasteiger partial charge in [0.15, 0.2) is 0 Å². The van der Waals surface area contributed by atoms with Crippen LogP contribution in [0.15, 0.2) is 54.6 Å². The van der Waals surface area contributed by atoms with Crippen molar-refractivity contribution in [2.24, 2.45) is 0 Å². The maximum atomic E-state index is 13.4. The van der Waals surface area contributed by atoms with Gasteiger partial charge >= 0.3 is 0 Å². The minimum Gasteiger partial charge on any atom is -0.352 e. The van der Waals surface area contributed by atoms with E-state index in [4.69, 9.17) is 0 Å². The van der Waals surface area contributed by atoms with Gasteiger partial charge in [-0.2, -0.15) is 0 Å². The van der Waals surface area contributed by atoms with E-state index in [-0.39, 0.29) is 30.2 Å². The highest BCUT2D eigenvalue weighted by Gasteiger charge is 2.31. The van der Waals surface area contributed by atoms with Crippen LogP contribution in [-0.4, -0.2) is 28.8 Å². The standard InChI is InChI=1S/C25H31FN2O2/c1-2-8-24(29)28(18-20-13-15-21(26)16-14-20)23(17-19-9-4-3-5-10-19)25(30)27-22-11-6-7-12-22/h3-5,9-10,13-16,22-23H,2,6-8,11-12,17-18H2,1H3,(H,27,30). The minimum absolute atomic E-state index is 0.0515. The molecule has 5 heteroatoms. The average Bonchev–Trinajstić information content (AvgIpc) is 3.26. The molecule has 1 aliphatic rings. The molecular weight excluding hydrogens is 379 g/mol. The van der Waals surface area contributed by atoms with Crippen molar-refractivity contribution < 1.29 is 14.0 Å². The van der Waals surface area contributed by atoms with Gasteiger partial charge in [-0.15, -0.1) is 0 Å². The monoisotopic (exact) mass is 410 g/mol. The summed E-state index contributed by atoms with van der Waals surface area (Å²) in [6.45, 7) is 2.24. The van der Waals surface area contributed by atoms with Crippen LogP contribution in [-0.2, 0) is 22.6 Å². The van der Waals surface area contributed by atoms with Crippen molar-refractivity contribution in [3.05, 3.63) is 71.5 Å². The topological polar surface area (TPSA) is 49.4 Å². The highest BCUT2D eigenvalue weighted by atomic mass is 19.1. The lowest BCUT2D eigenvalue weighted by Gasteiger charge is -2.32. The molecule has 0 aromatic heterocycles. The van der Waals surface area contributed by atoms with Gasteiger partial charge in [-0.05, 0) is 42.5 Å². The average molecular weight is 411 g/mol. The van der Waals surface area contributed by atoms with Crippen molar-refractivity contribution in [3.8, 4) is 0 Å². The number of carbonyl (C=O) groups is 2. The third-order valence-electron chi connectivity index (χ3n) is 5.70. The maximum Gasteiger partial charge on any atom is 0.243 e. The SMILES string of the molecule is CCCC(=O)N(Cc1ccc(F)cc1)C(Cc1ccccc1)C(=O)NC1CCCC1. The lowest BCUT2D eigenvalue weighted by atomic mass is 10.0. The summed E-state index contributed by atoms with van der Waals surface area (Å²) < 4.78 is 13.4. The van der Waals surface area contributed by atoms with Crippen molar-refractivity contribution in [3.63, 3.8) is 0 Å². The van der Waals surface area contributed by atoms with Crippen LogP contribution in [0.5, 0.6) is 0 Å². The first kappa shape index (κ1) is 22.0. The fraction of sp³-hybridized carbons (Fsp3) is 0.440. The summed E-state index contributed by atoms with van der Waals surface area (Å²) in [5, 5.41) is 3.18. The quantitative estimate of drug-likeness (QED) is 0.656. The van der Waals surface area contributed by atoms with Gasteiger partial charge in [0.2, 0.25) is 11.8 Å². The normalized spacial score (nSPS) is 15.0. The van der Waals surface area contributed by atoms with Gasteiger partial charge in [0.05, 0.1) is 0 Å². The lowest BCUT2D eigenvalue weighted by molar-refractivity contribution is -0.141. The van der Waals surface area contributed by atoms with E-state index in [1.807, 2.05) is 37.3 Å². The van der Waals surface area contributed by atoms with Gasteiger partial charge in [0, 0.05) is 25.4 Å². The van der Waals surface area contributed by atoms with Crippen LogP contribution in [0.4, 0.5) is 4.39 Å². The highest BCUT2D eigenvalue weighted by molar-refractivity contribution is 5.88. The first-order chi connectivity index (χ1) is 14.6. The van der Waals surface area contributed by atoms with Gasteiger partial charge < -0.3 is 10.2 Å². The number of carbonyl (C=O) groups excluding carboxylic acids is 2. The number of nitrogens with one attached hydrogen (secondary N) is 1. The Kier molecular flexibility index (Phi) is 8.00. The Bertz CT molecular complexity index is 817. The van der Waals surface area contributed by atoms with Crippen LogP contribution >= 0.6 is 0 Å². The third-order valence-corrected chi connectivity index (χ3v) is 5.70. The summed E-state index contributed by atoms with van der Waals surface area (Å²) in [6, 6.07) is 15.5. The van der Waals surface area contributed by atoms with E-state index in [1.54, 1.807) is 17.0 Å². The first-order valence-corrected chi connectivity index (χ1v) is 10.9. The molecule has 1 unspecified atom stereocenters. The van der Waals surface area contributed by atoms with Crippen molar-refractivity contribution in [2.45, 2.75) is 70.5 Å². The zero-order valence-corrected chi connectivity index (χ0v) is 17.6. The highest BCUT2D eigenvalue weighted by Crippen LogP contribution is 2.20. The van der Waals surface area contributed by atoms with Crippen LogP contribution < -0.4 is 5.32 Å². The molecule has 30 heavy (non-hydrogen) atoms. The Labute approximate surface area is 178 Å². The molecule has 160 valence electrons. The Morgan fingerprint density at radius 2 is 1.70 bits per heavy atom. The Hall–Kier alpha value is -2.69. The molecule has 0 spiro atoms. The largest absolute Gasteiger partial charge is 0.352 e. The van der Waals surface area contributed by atoms with E-state index in [2.05, 4.69) is 5.32 Å². The molecule has 1 N–H and O–H groups in total. The summed E-state index contributed by atoms with van der Waals surface area (Å²) in [5.74, 6) is -0.466. The van der Waals surface area contributed by atoms with E-state index in [9.17, 15) is 14.0 Å². The van der Waals surface area contributed by atoms with E-state index in [1.165, 1.54) is 12.1 Å². The summed E-state index contributed by atoms with van der Waals surface area (Å²) in [7, 11) is 0. The molecule has 1 aliphatic carbocycles. The van der Waals surface area contributed by atoms with E-state index in [0.717, 1.165) is 36.8 Å². The molecule has 0 aliphatic heterocycles. The number of amides is 2. The summed E-state index contributed by atoms with van der Waals surface area (Å²) in [5.41, 5.74) is 1.82. The summed E-state index contributed by atoms with van der Waals surface area (Å²) in [4.78, 5) is 28.1. The van der Waals surface area contributed by atoms with Gasteiger partial charge in [-0.3, -0.25) is 9.59 Å². The molecular formula is C25H31FN2O2. The van der Waals surface area contributed by atoms with Crippen LogP contribution in [0.2, 0.25) is 0 Å². The first-order valence-electron chi connectivity index (χ1n) is 10.9. The Morgan fingerprint density at radius 1 is 1.03 bits per heavy atom. The fourth-order valence-electron chi connectivity index (χ4n) is 4.07. The molecule has 2 aromatic rings. The van der Waals surface area contributed by atoms with Crippen molar-refractivity contribution >= 4 is 11.8 Å². The maximum absolute atomic E-state index is 13.4. The smallest absolute Gasteiger partial charge is 0.243 e. The van der Waals surface area contributed by atoms with Gasteiger partial charge in [0.25, 0.3) is 0 Å². The molecule has 0 radical (unpaired) electrons. The molecule has 1 fully saturated rings. The zero-order chi connectivity index (χ0) is 21.3. The van der Waals surface area contributed by atoms with Crippen LogP contribution in [0, 0.1) is 5.82 Å². The number of hydrogen-bond acceptors (Lipinski definition) is 2. The lowest BCUT2D eigenvalue weighted by Crippen LogP contribution is -2.52. The summed E-state index contributed by atoms with van der Waals surface area (Å²) >= 11 is 0. The van der Waals surface area contributed by atoms with E-state index >= 15 is 0 Å². The number of rotatable bonds is 9. The molecule has 1 atom stereocenters. The molecule has 0 bridgehead atoms. The molecule has 0 heterocycles. The Balaban J connectivity index is 1.87. The predicted octanol–water partition coefficient (Wildman–Crippen LogP) is 4.62. The predicted molar refractivity (Wildman–Crippen MR) is 116 cm³/mol. The number of benzene rings is 2. The number of hydrogen-bond donors (Lipinski definition) is 1. The van der Waals surface area contributed by atoms with Crippen molar-refractivity contribution in [1.29, 1.82) is 0 Å². The zero-order valence-electron chi connectivity index (χ0n) is 17.6. The van der Waals surface area contributed by atoms with E-state index < -0.39 is 6.04 Å². The minimum atomic E-state index is -0.600. The second-order valence-electron chi connectivity index (χ2n) is 8.09. The fourth-order valence-corrected chi connectivity index (χ4v) is 4.07.